The lowest BCUT2D eigenvalue weighted by atomic mass is 9.85. The van der Waals surface area contributed by atoms with Crippen molar-refractivity contribution in [2.45, 2.75) is 58.4 Å². The average Bonchev–Trinajstić information content (AvgIpc) is 2.48. The molecule has 0 fully saturated rings. The fourth-order valence-electron chi connectivity index (χ4n) is 2.72. The van der Waals surface area contributed by atoms with Crippen LogP contribution >= 0.6 is 0 Å². The first-order valence-electron chi connectivity index (χ1n) is 8.16. The molecular weight excluding hydrogens is 258 g/mol. The predicted octanol–water partition coefficient (Wildman–Crippen LogP) is 4.72. The largest absolute Gasteiger partial charge is 0.501 e. The lowest BCUT2D eigenvalue weighted by Gasteiger charge is -2.26. The zero-order valence-electron chi connectivity index (χ0n) is 13.9. The van der Waals surface area contributed by atoms with Gasteiger partial charge in [0.2, 0.25) is 0 Å². The Morgan fingerprint density at radius 1 is 1.19 bits per heavy atom. The number of benzene rings is 1. The van der Waals surface area contributed by atoms with Gasteiger partial charge in [0, 0.05) is 0 Å². The molecule has 0 radical (unpaired) electrons. The van der Waals surface area contributed by atoms with Crippen LogP contribution in [-0.4, -0.2) is 13.2 Å². The Kier molecular flexibility index (Phi) is 5.46. The van der Waals surface area contributed by atoms with Crippen LogP contribution in [0.5, 0.6) is 0 Å². The second-order valence-electron chi connectivity index (χ2n) is 6.93. The molecule has 1 aromatic rings. The first-order chi connectivity index (χ1) is 10.0. The standard InChI is InChI=1S/C19H29NO/c1-5-12-20-18(16-7-6-13-21-14-16)15-8-10-17(11-9-15)19(2,3)4/h8-11,14,18,20H,5-7,12-13H2,1-4H3. The van der Waals surface area contributed by atoms with Crippen molar-refractivity contribution in [2.24, 2.45) is 0 Å². The van der Waals surface area contributed by atoms with E-state index in [4.69, 9.17) is 4.74 Å². The molecule has 0 amide bonds. The third-order valence-electron chi connectivity index (χ3n) is 4.04. The van der Waals surface area contributed by atoms with E-state index < -0.39 is 0 Å². The van der Waals surface area contributed by atoms with Gasteiger partial charge in [-0.25, -0.2) is 0 Å². The van der Waals surface area contributed by atoms with Crippen molar-refractivity contribution in [2.75, 3.05) is 13.2 Å². The highest BCUT2D eigenvalue weighted by Crippen LogP contribution is 2.30. The molecule has 1 unspecified atom stereocenters. The maximum absolute atomic E-state index is 5.54. The van der Waals surface area contributed by atoms with E-state index in [1.807, 2.05) is 6.26 Å². The maximum atomic E-state index is 5.54. The number of rotatable bonds is 5. The monoisotopic (exact) mass is 287 g/mol. The Morgan fingerprint density at radius 2 is 1.90 bits per heavy atom. The third kappa shape index (κ3) is 4.34. The normalized spacial score (nSPS) is 17.0. The van der Waals surface area contributed by atoms with Crippen LogP contribution < -0.4 is 5.32 Å². The minimum Gasteiger partial charge on any atom is -0.501 e. The molecule has 2 heteroatoms. The van der Waals surface area contributed by atoms with Gasteiger partial charge in [0.05, 0.1) is 18.9 Å². The summed E-state index contributed by atoms with van der Waals surface area (Å²) in [6.07, 6.45) is 5.36. The number of hydrogen-bond acceptors (Lipinski definition) is 2. The third-order valence-corrected chi connectivity index (χ3v) is 4.04. The first-order valence-corrected chi connectivity index (χ1v) is 8.16. The zero-order chi connectivity index (χ0) is 15.3. The topological polar surface area (TPSA) is 21.3 Å². The van der Waals surface area contributed by atoms with Gasteiger partial charge in [0.15, 0.2) is 0 Å². The Hall–Kier alpha value is -1.28. The summed E-state index contributed by atoms with van der Waals surface area (Å²) in [4.78, 5) is 0. The van der Waals surface area contributed by atoms with E-state index >= 15 is 0 Å². The molecule has 0 spiro atoms. The maximum Gasteiger partial charge on any atom is 0.0876 e. The molecule has 0 aliphatic carbocycles. The molecule has 1 heterocycles. The second-order valence-corrected chi connectivity index (χ2v) is 6.93. The van der Waals surface area contributed by atoms with Crippen molar-refractivity contribution in [1.82, 2.24) is 5.32 Å². The fourth-order valence-corrected chi connectivity index (χ4v) is 2.72. The predicted molar refractivity (Wildman–Crippen MR) is 89.4 cm³/mol. The van der Waals surface area contributed by atoms with Gasteiger partial charge in [-0.1, -0.05) is 52.0 Å². The van der Waals surface area contributed by atoms with Gasteiger partial charge in [-0.3, -0.25) is 0 Å². The summed E-state index contributed by atoms with van der Waals surface area (Å²) < 4.78 is 5.54. The van der Waals surface area contributed by atoms with Crippen LogP contribution in [0.1, 0.15) is 64.1 Å². The second kappa shape index (κ2) is 7.13. The van der Waals surface area contributed by atoms with Crippen LogP contribution in [0.2, 0.25) is 0 Å². The van der Waals surface area contributed by atoms with Gasteiger partial charge in [-0.05, 0) is 47.9 Å². The minimum absolute atomic E-state index is 0.206. The van der Waals surface area contributed by atoms with Gasteiger partial charge in [-0.15, -0.1) is 0 Å². The molecule has 0 aromatic heterocycles. The van der Waals surface area contributed by atoms with E-state index in [0.29, 0.717) is 6.04 Å². The van der Waals surface area contributed by atoms with Crippen LogP contribution in [-0.2, 0) is 10.2 Å². The summed E-state index contributed by atoms with van der Waals surface area (Å²) in [7, 11) is 0. The minimum atomic E-state index is 0.206. The van der Waals surface area contributed by atoms with E-state index in [9.17, 15) is 0 Å². The highest BCUT2D eigenvalue weighted by molar-refractivity contribution is 5.33. The van der Waals surface area contributed by atoms with Gasteiger partial charge in [0.1, 0.15) is 0 Å². The van der Waals surface area contributed by atoms with Crippen molar-refractivity contribution >= 4 is 0 Å². The van der Waals surface area contributed by atoms with Crippen LogP contribution in [0.3, 0.4) is 0 Å². The lowest BCUT2D eigenvalue weighted by molar-refractivity contribution is 0.219. The van der Waals surface area contributed by atoms with E-state index in [2.05, 4.69) is 57.3 Å². The first kappa shape index (κ1) is 16.1. The summed E-state index contributed by atoms with van der Waals surface area (Å²) in [5.41, 5.74) is 4.30. The molecule has 0 saturated carbocycles. The van der Waals surface area contributed by atoms with Crippen LogP contribution in [0, 0.1) is 0 Å². The van der Waals surface area contributed by atoms with Crippen molar-refractivity contribution in [3.05, 3.63) is 47.2 Å². The highest BCUT2D eigenvalue weighted by Gasteiger charge is 2.20. The van der Waals surface area contributed by atoms with Gasteiger partial charge >= 0.3 is 0 Å². The molecule has 1 atom stereocenters. The number of hydrogen-bond donors (Lipinski definition) is 1. The van der Waals surface area contributed by atoms with Gasteiger partial charge < -0.3 is 10.1 Å². The smallest absolute Gasteiger partial charge is 0.0876 e. The Bertz CT molecular complexity index is 467. The summed E-state index contributed by atoms with van der Waals surface area (Å²) in [5, 5.41) is 3.67. The molecule has 1 N–H and O–H groups in total. The SMILES string of the molecule is CCCNC(C1=COCCC1)c1ccc(C(C)(C)C)cc1. The summed E-state index contributed by atoms with van der Waals surface area (Å²) in [6, 6.07) is 9.35. The van der Waals surface area contributed by atoms with Gasteiger partial charge in [0.25, 0.3) is 0 Å². The molecule has 21 heavy (non-hydrogen) atoms. The van der Waals surface area contributed by atoms with Crippen molar-refractivity contribution < 1.29 is 4.74 Å². The fraction of sp³-hybridized carbons (Fsp3) is 0.579. The summed E-state index contributed by atoms with van der Waals surface area (Å²) in [5.74, 6) is 0. The average molecular weight is 287 g/mol. The van der Waals surface area contributed by atoms with Crippen LogP contribution in [0.25, 0.3) is 0 Å². The van der Waals surface area contributed by atoms with E-state index in [0.717, 1.165) is 32.4 Å². The molecule has 1 aliphatic rings. The number of ether oxygens (including phenoxy) is 1. The molecule has 2 rings (SSSR count). The molecule has 1 aliphatic heterocycles. The molecule has 1 aromatic carbocycles. The summed E-state index contributed by atoms with van der Waals surface area (Å²) >= 11 is 0. The Morgan fingerprint density at radius 3 is 2.43 bits per heavy atom. The Balaban J connectivity index is 2.21. The highest BCUT2D eigenvalue weighted by atomic mass is 16.5. The van der Waals surface area contributed by atoms with Crippen LogP contribution in [0.4, 0.5) is 0 Å². The van der Waals surface area contributed by atoms with Crippen molar-refractivity contribution in [3.63, 3.8) is 0 Å². The van der Waals surface area contributed by atoms with E-state index in [1.165, 1.54) is 16.7 Å². The molecule has 0 saturated heterocycles. The zero-order valence-corrected chi connectivity index (χ0v) is 13.9. The molecule has 0 bridgehead atoms. The Labute approximate surface area is 129 Å². The van der Waals surface area contributed by atoms with Crippen LogP contribution in [0.15, 0.2) is 36.1 Å². The van der Waals surface area contributed by atoms with Crippen molar-refractivity contribution in [3.8, 4) is 0 Å². The molecule has 116 valence electrons. The lowest BCUT2D eigenvalue weighted by Crippen LogP contribution is -2.25. The quantitative estimate of drug-likeness (QED) is 0.846. The van der Waals surface area contributed by atoms with Crippen molar-refractivity contribution in [1.29, 1.82) is 0 Å². The van der Waals surface area contributed by atoms with E-state index in [1.54, 1.807) is 0 Å². The summed E-state index contributed by atoms with van der Waals surface area (Å²) in [6.45, 7) is 10.9. The number of nitrogens with one attached hydrogen (secondary N) is 1. The van der Waals surface area contributed by atoms with Gasteiger partial charge in [-0.2, -0.15) is 0 Å². The molecular formula is C19H29NO. The molecule has 2 nitrogen and oxygen atoms in total. The van der Waals surface area contributed by atoms with E-state index in [-0.39, 0.29) is 5.41 Å².